The topological polar surface area (TPSA) is 41.6 Å². The molecule has 1 aliphatic carbocycles. The Hall–Kier alpha value is 0. The molecule has 0 aromatic carbocycles. The van der Waals surface area contributed by atoms with Gasteiger partial charge in [0.25, 0.3) is 0 Å². The summed E-state index contributed by atoms with van der Waals surface area (Å²) in [6.45, 7) is 5.44. The average Bonchev–Trinajstić information content (AvgIpc) is 3.08. The van der Waals surface area contributed by atoms with Crippen molar-refractivity contribution in [2.45, 2.75) is 51.9 Å². The van der Waals surface area contributed by atoms with Gasteiger partial charge in [0.2, 0.25) is 0 Å². The zero-order chi connectivity index (χ0) is 11.4. The van der Waals surface area contributed by atoms with Crippen LogP contribution < -0.4 is 5.73 Å². The van der Waals surface area contributed by atoms with Crippen LogP contribution in [0.3, 0.4) is 0 Å². The van der Waals surface area contributed by atoms with Gasteiger partial charge in [-0.15, -0.1) is 24.0 Å². The zero-order valence-corrected chi connectivity index (χ0v) is 13.3. The van der Waals surface area contributed by atoms with Crippen molar-refractivity contribution in [3.8, 4) is 0 Å². The summed E-state index contributed by atoms with van der Waals surface area (Å²) in [6, 6.07) is 0. The molecule has 0 atom stereocenters. The number of nitrogens with two attached hydrogens (primary N) is 1. The fraction of sp³-hybridized carbons (Fsp3) is 0.923. The highest BCUT2D eigenvalue weighted by Crippen LogP contribution is 2.49. The molecule has 2 aliphatic rings. The maximum Gasteiger partial charge on any atom is 0.191 e. The first-order valence-corrected chi connectivity index (χ1v) is 6.81. The van der Waals surface area contributed by atoms with Crippen molar-refractivity contribution < 1.29 is 0 Å². The molecule has 2 fully saturated rings. The minimum Gasteiger partial charge on any atom is -0.370 e. The van der Waals surface area contributed by atoms with Crippen molar-refractivity contribution in [2.24, 2.45) is 16.1 Å². The lowest BCUT2D eigenvalue weighted by Crippen LogP contribution is -2.41. The molecule has 4 heteroatoms. The third-order valence-electron chi connectivity index (χ3n) is 3.99. The largest absolute Gasteiger partial charge is 0.370 e. The SMILES string of the molecule is CCCC1(CN=C(N)N2CCCCC2)CC1.I. The highest BCUT2D eigenvalue weighted by Gasteiger charge is 2.41. The Labute approximate surface area is 122 Å². The van der Waals surface area contributed by atoms with Crippen LogP contribution in [0.25, 0.3) is 0 Å². The summed E-state index contributed by atoms with van der Waals surface area (Å²) in [7, 11) is 0. The number of guanidine groups is 1. The van der Waals surface area contributed by atoms with E-state index in [0.29, 0.717) is 5.41 Å². The molecule has 1 aliphatic heterocycles. The number of piperidine rings is 1. The van der Waals surface area contributed by atoms with E-state index in [9.17, 15) is 0 Å². The first-order chi connectivity index (χ1) is 7.76. The van der Waals surface area contributed by atoms with Crippen molar-refractivity contribution in [2.75, 3.05) is 19.6 Å². The van der Waals surface area contributed by atoms with Gasteiger partial charge < -0.3 is 10.6 Å². The highest BCUT2D eigenvalue weighted by atomic mass is 127. The van der Waals surface area contributed by atoms with E-state index in [1.165, 1.54) is 44.9 Å². The zero-order valence-electron chi connectivity index (χ0n) is 11.0. The summed E-state index contributed by atoms with van der Waals surface area (Å²) in [6.07, 6.45) is 9.22. The molecule has 0 aromatic heterocycles. The van der Waals surface area contributed by atoms with E-state index in [4.69, 9.17) is 5.73 Å². The van der Waals surface area contributed by atoms with Gasteiger partial charge in [-0.25, -0.2) is 0 Å². The minimum atomic E-state index is 0. The lowest BCUT2D eigenvalue weighted by molar-refractivity contribution is 0.336. The Morgan fingerprint density at radius 2 is 1.88 bits per heavy atom. The van der Waals surface area contributed by atoms with Gasteiger partial charge in [0, 0.05) is 19.6 Å². The van der Waals surface area contributed by atoms with E-state index in [0.717, 1.165) is 25.6 Å². The number of nitrogens with zero attached hydrogens (tertiary/aromatic N) is 2. The number of halogens is 1. The first kappa shape index (κ1) is 15.1. The fourth-order valence-electron chi connectivity index (χ4n) is 2.67. The summed E-state index contributed by atoms with van der Waals surface area (Å²) >= 11 is 0. The number of rotatable bonds is 4. The second-order valence-electron chi connectivity index (χ2n) is 5.47. The molecule has 0 spiro atoms. The summed E-state index contributed by atoms with van der Waals surface area (Å²) < 4.78 is 0. The molecule has 0 amide bonds. The molecule has 2 N–H and O–H groups in total. The van der Waals surface area contributed by atoms with Crippen LogP contribution in [0.5, 0.6) is 0 Å². The van der Waals surface area contributed by atoms with E-state index >= 15 is 0 Å². The maximum absolute atomic E-state index is 6.06. The molecule has 0 bridgehead atoms. The molecule has 1 saturated carbocycles. The van der Waals surface area contributed by atoms with Gasteiger partial charge in [0.15, 0.2) is 5.96 Å². The summed E-state index contributed by atoms with van der Waals surface area (Å²) in [5, 5.41) is 0. The van der Waals surface area contributed by atoms with Crippen LogP contribution in [-0.2, 0) is 0 Å². The highest BCUT2D eigenvalue weighted by molar-refractivity contribution is 14.0. The Morgan fingerprint density at radius 1 is 1.24 bits per heavy atom. The smallest absolute Gasteiger partial charge is 0.191 e. The van der Waals surface area contributed by atoms with Crippen LogP contribution in [0.15, 0.2) is 4.99 Å². The van der Waals surface area contributed by atoms with Crippen molar-refractivity contribution in [1.29, 1.82) is 0 Å². The van der Waals surface area contributed by atoms with Crippen molar-refractivity contribution >= 4 is 29.9 Å². The van der Waals surface area contributed by atoms with E-state index in [2.05, 4.69) is 16.8 Å². The quantitative estimate of drug-likeness (QED) is 0.481. The molecule has 0 unspecified atom stereocenters. The lowest BCUT2D eigenvalue weighted by Gasteiger charge is -2.27. The third-order valence-corrected chi connectivity index (χ3v) is 3.99. The monoisotopic (exact) mass is 351 g/mol. The van der Waals surface area contributed by atoms with Gasteiger partial charge in [-0.1, -0.05) is 13.3 Å². The van der Waals surface area contributed by atoms with Gasteiger partial charge in [0.1, 0.15) is 0 Å². The van der Waals surface area contributed by atoms with Crippen molar-refractivity contribution in [3.05, 3.63) is 0 Å². The Kier molecular flexibility index (Phi) is 6.03. The molecular formula is C13H26IN3. The lowest BCUT2D eigenvalue weighted by atomic mass is 10.0. The first-order valence-electron chi connectivity index (χ1n) is 6.81. The van der Waals surface area contributed by atoms with Gasteiger partial charge in [0.05, 0.1) is 0 Å². The maximum atomic E-state index is 6.06. The van der Waals surface area contributed by atoms with Crippen molar-refractivity contribution in [3.63, 3.8) is 0 Å². The van der Waals surface area contributed by atoms with Gasteiger partial charge in [-0.05, 0) is 43.9 Å². The van der Waals surface area contributed by atoms with E-state index in [1.54, 1.807) is 0 Å². The fourth-order valence-corrected chi connectivity index (χ4v) is 2.67. The molecule has 0 aromatic rings. The van der Waals surface area contributed by atoms with Gasteiger partial charge in [-0.3, -0.25) is 4.99 Å². The summed E-state index contributed by atoms with van der Waals surface area (Å²) in [5.74, 6) is 0.794. The second kappa shape index (κ2) is 6.81. The van der Waals surface area contributed by atoms with E-state index in [-0.39, 0.29) is 24.0 Å². The van der Waals surface area contributed by atoms with E-state index in [1.807, 2.05) is 0 Å². The molecule has 1 saturated heterocycles. The van der Waals surface area contributed by atoms with Gasteiger partial charge >= 0.3 is 0 Å². The summed E-state index contributed by atoms with van der Waals surface area (Å²) in [4.78, 5) is 6.88. The molecule has 1 heterocycles. The van der Waals surface area contributed by atoms with Crippen molar-refractivity contribution in [1.82, 2.24) is 4.90 Å². The number of hydrogen-bond donors (Lipinski definition) is 1. The Balaban J connectivity index is 0.00000144. The predicted octanol–water partition coefficient (Wildman–Crippen LogP) is 2.99. The molecular weight excluding hydrogens is 325 g/mol. The average molecular weight is 351 g/mol. The molecule has 100 valence electrons. The van der Waals surface area contributed by atoms with Gasteiger partial charge in [-0.2, -0.15) is 0 Å². The van der Waals surface area contributed by atoms with Crippen LogP contribution in [0, 0.1) is 5.41 Å². The molecule has 2 rings (SSSR count). The molecule has 17 heavy (non-hydrogen) atoms. The second-order valence-corrected chi connectivity index (χ2v) is 5.47. The summed E-state index contributed by atoms with van der Waals surface area (Å²) in [5.41, 5.74) is 6.59. The Morgan fingerprint density at radius 3 is 2.41 bits per heavy atom. The normalized spacial score (nSPS) is 23.1. The standard InChI is InChI=1S/C13H25N3.HI/c1-2-6-13(7-8-13)11-15-12(14)16-9-4-3-5-10-16;/h2-11H2,1H3,(H2,14,15);1H. The number of hydrogen-bond acceptors (Lipinski definition) is 1. The third kappa shape index (κ3) is 4.30. The molecule has 0 radical (unpaired) electrons. The molecule has 3 nitrogen and oxygen atoms in total. The number of aliphatic imine (C=N–C) groups is 1. The van der Waals surface area contributed by atoms with Crippen LogP contribution in [-0.4, -0.2) is 30.5 Å². The van der Waals surface area contributed by atoms with Crippen LogP contribution in [0.1, 0.15) is 51.9 Å². The van der Waals surface area contributed by atoms with Crippen LogP contribution in [0.4, 0.5) is 0 Å². The number of likely N-dealkylation sites (tertiary alicyclic amines) is 1. The van der Waals surface area contributed by atoms with E-state index < -0.39 is 0 Å². The Bertz CT molecular complexity index is 255. The predicted molar refractivity (Wildman–Crippen MR) is 83.9 cm³/mol. The van der Waals surface area contributed by atoms with Crippen LogP contribution >= 0.6 is 24.0 Å². The minimum absolute atomic E-state index is 0. The van der Waals surface area contributed by atoms with Crippen LogP contribution in [0.2, 0.25) is 0 Å².